The Bertz CT molecular complexity index is 1380. The lowest BCUT2D eigenvalue weighted by Crippen LogP contribution is -2.27. The molecule has 0 aliphatic carbocycles. The molecule has 0 bridgehead atoms. The first kappa shape index (κ1) is 33.2. The van der Waals surface area contributed by atoms with Crippen molar-refractivity contribution in [2.75, 3.05) is 11.9 Å². The second kappa shape index (κ2) is 14.2. The fraction of sp³-hybridized carbons (Fsp3) is 0.364. The van der Waals surface area contributed by atoms with E-state index < -0.39 is 29.9 Å². The number of benzene rings is 3. The van der Waals surface area contributed by atoms with Crippen molar-refractivity contribution in [1.82, 2.24) is 5.32 Å². The average Bonchev–Trinajstić information content (AvgIpc) is 2.92. The second-order valence-electron chi connectivity index (χ2n) is 11.3. The topological polar surface area (TPSA) is 105 Å². The van der Waals surface area contributed by atoms with Crippen LogP contribution in [-0.2, 0) is 15.0 Å². The predicted octanol–water partition coefficient (Wildman–Crippen LogP) is 7.39. The van der Waals surface area contributed by atoms with Gasteiger partial charge in [0.1, 0.15) is 5.75 Å². The fourth-order valence-electron chi connectivity index (χ4n) is 4.82. The first-order chi connectivity index (χ1) is 20.2. The number of carbonyl (C=O) groups is 3. The van der Waals surface area contributed by atoms with Crippen molar-refractivity contribution in [2.24, 2.45) is 0 Å². The molecule has 0 spiro atoms. The number of ether oxygens (including phenoxy) is 1. The Morgan fingerprint density at radius 2 is 1.44 bits per heavy atom. The van der Waals surface area contributed by atoms with Crippen LogP contribution in [0, 0.1) is 0 Å². The maximum absolute atomic E-state index is 13.9. The standard InChI is InChI=1S/C33H37F3N2O5/c1-5-6-27(21-7-9-23(10-8-21)30(41)37-20-19-28(39)40)29(22-11-17-26(18-12-22)43-33(34,35)36)31(42)38-25-15-13-24(14-16-25)32(2,3)4/h7-18,27,29H,5-6,19-20H2,1-4H3,(H,37,41)(H,38,42)(H,39,40)/t27-,29?/m1/s1. The van der Waals surface area contributed by atoms with Crippen LogP contribution in [0.4, 0.5) is 18.9 Å². The van der Waals surface area contributed by atoms with Crippen LogP contribution in [0.5, 0.6) is 5.75 Å². The van der Waals surface area contributed by atoms with Gasteiger partial charge in [-0.1, -0.05) is 70.5 Å². The van der Waals surface area contributed by atoms with E-state index >= 15 is 0 Å². The van der Waals surface area contributed by atoms with Gasteiger partial charge in [0.05, 0.1) is 12.3 Å². The van der Waals surface area contributed by atoms with Gasteiger partial charge in [0.15, 0.2) is 0 Å². The van der Waals surface area contributed by atoms with Crippen molar-refractivity contribution in [3.05, 3.63) is 95.1 Å². The number of carbonyl (C=O) groups excluding carboxylic acids is 2. The zero-order valence-electron chi connectivity index (χ0n) is 24.6. The lowest BCUT2D eigenvalue weighted by molar-refractivity contribution is -0.274. The average molecular weight is 599 g/mol. The lowest BCUT2D eigenvalue weighted by atomic mass is 9.78. The number of anilines is 1. The molecule has 230 valence electrons. The molecule has 2 atom stereocenters. The number of rotatable bonds is 12. The Balaban J connectivity index is 1.95. The molecule has 0 heterocycles. The highest BCUT2D eigenvalue weighted by Crippen LogP contribution is 2.39. The molecule has 3 N–H and O–H groups in total. The van der Waals surface area contributed by atoms with Crippen molar-refractivity contribution >= 4 is 23.5 Å². The number of amides is 2. The molecule has 0 aliphatic rings. The normalized spacial score (nSPS) is 13.1. The number of carboxylic acids is 1. The van der Waals surface area contributed by atoms with Crippen LogP contribution in [0.25, 0.3) is 0 Å². The van der Waals surface area contributed by atoms with Crippen LogP contribution in [0.15, 0.2) is 72.8 Å². The third-order valence-electron chi connectivity index (χ3n) is 7.00. The summed E-state index contributed by atoms with van der Waals surface area (Å²) in [6.45, 7) is 8.22. The molecule has 43 heavy (non-hydrogen) atoms. The summed E-state index contributed by atoms with van der Waals surface area (Å²) in [5, 5.41) is 14.3. The molecule has 10 heteroatoms. The summed E-state index contributed by atoms with van der Waals surface area (Å²) < 4.78 is 42.4. The van der Waals surface area contributed by atoms with Gasteiger partial charge < -0.3 is 20.5 Å². The van der Waals surface area contributed by atoms with Crippen LogP contribution in [0.3, 0.4) is 0 Å². The second-order valence-corrected chi connectivity index (χ2v) is 11.3. The number of alkyl halides is 3. The van der Waals surface area contributed by atoms with Gasteiger partial charge in [-0.3, -0.25) is 14.4 Å². The number of nitrogens with one attached hydrogen (secondary N) is 2. The van der Waals surface area contributed by atoms with Crippen molar-refractivity contribution in [1.29, 1.82) is 0 Å². The first-order valence-corrected chi connectivity index (χ1v) is 14.0. The zero-order valence-corrected chi connectivity index (χ0v) is 24.6. The minimum atomic E-state index is -4.84. The number of carboxylic acid groups (broad SMARTS) is 1. The summed E-state index contributed by atoms with van der Waals surface area (Å²) in [5.74, 6) is -3.33. The molecule has 1 unspecified atom stereocenters. The number of hydrogen-bond acceptors (Lipinski definition) is 4. The minimum Gasteiger partial charge on any atom is -0.481 e. The third-order valence-corrected chi connectivity index (χ3v) is 7.00. The van der Waals surface area contributed by atoms with E-state index in [0.717, 1.165) is 11.1 Å². The van der Waals surface area contributed by atoms with Gasteiger partial charge in [-0.05, 0) is 70.8 Å². The lowest BCUT2D eigenvalue weighted by Gasteiger charge is -2.28. The molecule has 3 aromatic carbocycles. The van der Waals surface area contributed by atoms with Gasteiger partial charge >= 0.3 is 12.3 Å². The summed E-state index contributed by atoms with van der Waals surface area (Å²) in [4.78, 5) is 37.1. The smallest absolute Gasteiger partial charge is 0.481 e. The van der Waals surface area contributed by atoms with Crippen LogP contribution < -0.4 is 15.4 Å². The molecule has 7 nitrogen and oxygen atoms in total. The first-order valence-electron chi connectivity index (χ1n) is 14.0. The molecule has 0 fully saturated rings. The molecule has 0 aromatic heterocycles. The molecular weight excluding hydrogens is 561 g/mol. The summed E-state index contributed by atoms with van der Waals surface area (Å²) in [5.41, 5.74) is 3.21. The fourth-order valence-corrected chi connectivity index (χ4v) is 4.82. The van der Waals surface area contributed by atoms with Crippen LogP contribution in [0.1, 0.15) is 85.8 Å². The predicted molar refractivity (Wildman–Crippen MR) is 158 cm³/mol. The maximum atomic E-state index is 13.9. The number of hydrogen-bond donors (Lipinski definition) is 3. The van der Waals surface area contributed by atoms with E-state index in [4.69, 9.17) is 5.11 Å². The van der Waals surface area contributed by atoms with E-state index in [1.807, 2.05) is 31.2 Å². The van der Waals surface area contributed by atoms with Crippen LogP contribution in [-0.4, -0.2) is 35.8 Å². The molecule has 0 aliphatic heterocycles. The largest absolute Gasteiger partial charge is 0.573 e. The Morgan fingerprint density at radius 3 is 1.95 bits per heavy atom. The van der Waals surface area contributed by atoms with Gasteiger partial charge in [-0.25, -0.2) is 0 Å². The molecule has 2 amide bonds. The molecular formula is C33H37F3N2O5. The van der Waals surface area contributed by atoms with Gasteiger partial charge in [0.25, 0.3) is 5.91 Å². The molecule has 0 saturated carbocycles. The number of aliphatic carboxylic acids is 1. The van der Waals surface area contributed by atoms with E-state index in [1.54, 1.807) is 24.3 Å². The highest BCUT2D eigenvalue weighted by Gasteiger charge is 2.33. The highest BCUT2D eigenvalue weighted by molar-refractivity contribution is 5.97. The SMILES string of the molecule is CCC[C@H](c1ccc(C(=O)NCCC(=O)O)cc1)C(C(=O)Nc1ccc(C(C)(C)C)cc1)c1ccc(OC(F)(F)F)cc1. The molecule has 3 rings (SSSR count). The van der Waals surface area contributed by atoms with Crippen LogP contribution >= 0.6 is 0 Å². The highest BCUT2D eigenvalue weighted by atomic mass is 19.4. The summed E-state index contributed by atoms with van der Waals surface area (Å²) in [6.07, 6.45) is -3.76. The van der Waals surface area contributed by atoms with E-state index in [0.29, 0.717) is 29.7 Å². The minimum absolute atomic E-state index is 0.0125. The van der Waals surface area contributed by atoms with E-state index in [9.17, 15) is 27.6 Å². The molecule has 3 aromatic rings. The van der Waals surface area contributed by atoms with Gasteiger partial charge in [-0.15, -0.1) is 13.2 Å². The summed E-state index contributed by atoms with van der Waals surface area (Å²) in [7, 11) is 0. The third kappa shape index (κ3) is 9.87. The van der Waals surface area contributed by atoms with Crippen molar-refractivity contribution in [3.63, 3.8) is 0 Å². The molecule has 0 saturated heterocycles. The van der Waals surface area contributed by atoms with Gasteiger partial charge in [-0.2, -0.15) is 0 Å². The Kier molecular flexibility index (Phi) is 11.0. The Hall–Kier alpha value is -4.34. The maximum Gasteiger partial charge on any atom is 0.573 e. The monoisotopic (exact) mass is 598 g/mol. The van der Waals surface area contributed by atoms with Gasteiger partial charge in [0, 0.05) is 17.8 Å². The Labute approximate surface area is 249 Å². The summed E-state index contributed by atoms with van der Waals surface area (Å²) >= 11 is 0. The van der Waals surface area contributed by atoms with E-state index in [-0.39, 0.29) is 30.2 Å². The van der Waals surface area contributed by atoms with Crippen LogP contribution in [0.2, 0.25) is 0 Å². The molecule has 0 radical (unpaired) electrons. The zero-order chi connectivity index (χ0) is 31.8. The quantitative estimate of drug-likeness (QED) is 0.202. The van der Waals surface area contributed by atoms with Gasteiger partial charge in [0.2, 0.25) is 5.91 Å². The van der Waals surface area contributed by atoms with E-state index in [1.165, 1.54) is 24.3 Å². The Morgan fingerprint density at radius 1 is 0.860 bits per heavy atom. The summed E-state index contributed by atoms with van der Waals surface area (Å²) in [6, 6.07) is 19.5. The van der Waals surface area contributed by atoms with Crippen molar-refractivity contribution in [3.8, 4) is 5.75 Å². The number of halogens is 3. The van der Waals surface area contributed by atoms with Crippen molar-refractivity contribution < 1.29 is 37.4 Å². The van der Waals surface area contributed by atoms with E-state index in [2.05, 4.69) is 36.1 Å². The van der Waals surface area contributed by atoms with Crippen molar-refractivity contribution in [2.45, 2.75) is 70.6 Å².